The summed E-state index contributed by atoms with van der Waals surface area (Å²) in [6, 6.07) is 11.0. The normalized spacial score (nSPS) is 12.4. The monoisotopic (exact) mass is 406 g/mol. The van der Waals surface area contributed by atoms with Crippen molar-refractivity contribution < 1.29 is 19.0 Å². The van der Waals surface area contributed by atoms with E-state index >= 15 is 0 Å². The number of anilines is 1. The molecular weight excluding hydrogens is 388 g/mol. The van der Waals surface area contributed by atoms with Gasteiger partial charge in [0.05, 0.1) is 12.8 Å². The number of nitrogens with one attached hydrogen (secondary N) is 2. The van der Waals surface area contributed by atoms with Crippen LogP contribution in [0.4, 0.5) is 10.5 Å². The van der Waals surface area contributed by atoms with Crippen molar-refractivity contribution in [3.63, 3.8) is 0 Å². The van der Waals surface area contributed by atoms with Crippen LogP contribution in [0, 0.1) is 0 Å². The van der Waals surface area contributed by atoms with Crippen LogP contribution in [0.25, 0.3) is 0 Å². The molecule has 0 spiro atoms. The van der Waals surface area contributed by atoms with E-state index in [1.807, 2.05) is 24.3 Å². The van der Waals surface area contributed by atoms with Crippen molar-refractivity contribution in [1.29, 1.82) is 0 Å². The molecule has 0 unspecified atom stereocenters. The Morgan fingerprint density at radius 1 is 1.20 bits per heavy atom. The second-order valence-electron chi connectivity index (χ2n) is 5.42. The standard InChI is InChI=1S/C18H19BrN2O4/c1-23-15-5-3-2-4-12(15)6-7-20-18(22)21-14-11-17-16(10-13(14)19)24-8-9-25-17/h2-5,10-11H,6-9H2,1H3,(H2,20,21,22). The first-order chi connectivity index (χ1) is 12.2. The number of fused-ring (bicyclic) bond motifs is 1. The van der Waals surface area contributed by atoms with E-state index in [0.717, 1.165) is 15.8 Å². The van der Waals surface area contributed by atoms with Gasteiger partial charge in [-0.2, -0.15) is 0 Å². The predicted molar refractivity (Wildman–Crippen MR) is 98.9 cm³/mol. The maximum atomic E-state index is 12.1. The van der Waals surface area contributed by atoms with Crippen molar-refractivity contribution in [2.24, 2.45) is 0 Å². The van der Waals surface area contributed by atoms with Crippen LogP contribution in [0.15, 0.2) is 40.9 Å². The third-order valence-electron chi connectivity index (χ3n) is 3.75. The third-order valence-corrected chi connectivity index (χ3v) is 4.41. The first-order valence-corrected chi connectivity index (χ1v) is 8.72. The van der Waals surface area contributed by atoms with E-state index in [0.29, 0.717) is 43.4 Å². The van der Waals surface area contributed by atoms with Gasteiger partial charge in [0.15, 0.2) is 11.5 Å². The molecule has 0 atom stereocenters. The largest absolute Gasteiger partial charge is 0.496 e. The number of methoxy groups -OCH3 is 1. The van der Waals surface area contributed by atoms with Gasteiger partial charge in [0.25, 0.3) is 0 Å². The molecule has 0 aromatic heterocycles. The molecule has 25 heavy (non-hydrogen) atoms. The summed E-state index contributed by atoms with van der Waals surface area (Å²) < 4.78 is 17.1. The lowest BCUT2D eigenvalue weighted by Gasteiger charge is -2.20. The van der Waals surface area contributed by atoms with Crippen LogP contribution < -0.4 is 24.8 Å². The molecule has 2 N–H and O–H groups in total. The van der Waals surface area contributed by atoms with E-state index in [4.69, 9.17) is 14.2 Å². The van der Waals surface area contributed by atoms with E-state index < -0.39 is 0 Å². The van der Waals surface area contributed by atoms with Gasteiger partial charge >= 0.3 is 6.03 Å². The molecule has 2 aromatic carbocycles. The average Bonchev–Trinajstić information content (AvgIpc) is 2.63. The summed E-state index contributed by atoms with van der Waals surface area (Å²) in [4.78, 5) is 12.1. The molecule has 1 aliphatic heterocycles. The maximum Gasteiger partial charge on any atom is 0.319 e. The highest BCUT2D eigenvalue weighted by atomic mass is 79.9. The van der Waals surface area contributed by atoms with Crippen molar-refractivity contribution in [1.82, 2.24) is 5.32 Å². The molecule has 0 saturated heterocycles. The fourth-order valence-electron chi connectivity index (χ4n) is 2.55. The Labute approximate surface area is 154 Å². The summed E-state index contributed by atoms with van der Waals surface area (Å²) in [6.45, 7) is 1.52. The van der Waals surface area contributed by atoms with Crippen LogP contribution >= 0.6 is 15.9 Å². The molecule has 1 heterocycles. The number of amides is 2. The highest BCUT2D eigenvalue weighted by Crippen LogP contribution is 2.38. The van der Waals surface area contributed by atoms with Gasteiger partial charge in [-0.3, -0.25) is 0 Å². The minimum absolute atomic E-state index is 0.285. The van der Waals surface area contributed by atoms with Gasteiger partial charge < -0.3 is 24.8 Å². The van der Waals surface area contributed by atoms with Crippen molar-refractivity contribution in [2.75, 3.05) is 32.2 Å². The van der Waals surface area contributed by atoms with Crippen molar-refractivity contribution in [2.45, 2.75) is 6.42 Å². The first-order valence-electron chi connectivity index (χ1n) is 7.93. The summed E-state index contributed by atoms with van der Waals surface area (Å²) in [7, 11) is 1.64. The zero-order valence-corrected chi connectivity index (χ0v) is 15.4. The molecule has 1 aliphatic rings. The van der Waals surface area contributed by atoms with Gasteiger partial charge in [-0.15, -0.1) is 0 Å². The summed E-state index contributed by atoms with van der Waals surface area (Å²) in [5, 5.41) is 5.65. The van der Waals surface area contributed by atoms with Crippen molar-refractivity contribution in [3.05, 3.63) is 46.4 Å². The zero-order chi connectivity index (χ0) is 17.6. The molecule has 132 valence electrons. The number of urea groups is 1. The summed E-state index contributed by atoms with van der Waals surface area (Å²) in [5.41, 5.74) is 1.67. The molecule has 0 bridgehead atoms. The average molecular weight is 407 g/mol. The lowest BCUT2D eigenvalue weighted by atomic mass is 10.1. The van der Waals surface area contributed by atoms with Crippen LogP contribution in [0.1, 0.15) is 5.56 Å². The molecule has 3 rings (SSSR count). The van der Waals surface area contributed by atoms with Crippen LogP contribution in [0.5, 0.6) is 17.2 Å². The molecule has 0 radical (unpaired) electrons. The molecule has 0 fully saturated rings. The van der Waals surface area contributed by atoms with Crippen molar-refractivity contribution >= 4 is 27.6 Å². The molecular formula is C18H19BrN2O4. The van der Waals surface area contributed by atoms with Gasteiger partial charge in [0, 0.05) is 23.2 Å². The topological polar surface area (TPSA) is 68.8 Å². The van der Waals surface area contributed by atoms with Crippen LogP contribution in [-0.2, 0) is 6.42 Å². The summed E-state index contributed by atoms with van der Waals surface area (Å²) >= 11 is 3.43. The Kier molecular flexibility index (Phi) is 5.65. The van der Waals surface area contributed by atoms with Gasteiger partial charge in [0.1, 0.15) is 19.0 Å². The quantitative estimate of drug-likeness (QED) is 0.795. The predicted octanol–water partition coefficient (Wildman–Crippen LogP) is 3.59. The van der Waals surface area contributed by atoms with E-state index in [1.165, 1.54) is 0 Å². The number of hydrogen-bond acceptors (Lipinski definition) is 4. The van der Waals surface area contributed by atoms with E-state index in [1.54, 1.807) is 19.2 Å². The highest BCUT2D eigenvalue weighted by molar-refractivity contribution is 9.10. The molecule has 7 heteroatoms. The lowest BCUT2D eigenvalue weighted by molar-refractivity contribution is 0.171. The Hall–Kier alpha value is -2.41. The Morgan fingerprint density at radius 2 is 1.92 bits per heavy atom. The fraction of sp³-hybridized carbons (Fsp3) is 0.278. The SMILES string of the molecule is COc1ccccc1CCNC(=O)Nc1cc2c(cc1Br)OCCO2. The van der Waals surface area contributed by atoms with Gasteiger partial charge in [-0.05, 0) is 34.0 Å². The summed E-state index contributed by atoms with van der Waals surface area (Å²) in [5.74, 6) is 2.11. The van der Waals surface area contributed by atoms with Gasteiger partial charge in [0.2, 0.25) is 0 Å². The second kappa shape index (κ2) is 8.11. The lowest BCUT2D eigenvalue weighted by Crippen LogP contribution is -2.30. The van der Waals surface area contributed by atoms with E-state index in [9.17, 15) is 4.79 Å². The number of para-hydroxylation sites is 1. The minimum Gasteiger partial charge on any atom is -0.496 e. The number of rotatable bonds is 5. The Bertz CT molecular complexity index is 767. The van der Waals surface area contributed by atoms with E-state index in [-0.39, 0.29) is 6.03 Å². The Balaban J connectivity index is 1.56. The number of halogens is 1. The zero-order valence-electron chi connectivity index (χ0n) is 13.8. The fourth-order valence-corrected chi connectivity index (χ4v) is 2.97. The Morgan fingerprint density at radius 3 is 2.68 bits per heavy atom. The second-order valence-corrected chi connectivity index (χ2v) is 6.27. The molecule has 0 saturated carbocycles. The molecule has 2 amide bonds. The smallest absolute Gasteiger partial charge is 0.319 e. The van der Waals surface area contributed by atoms with E-state index in [2.05, 4.69) is 26.6 Å². The number of benzene rings is 2. The molecule has 6 nitrogen and oxygen atoms in total. The van der Waals surface area contributed by atoms with Crippen molar-refractivity contribution in [3.8, 4) is 17.2 Å². The van der Waals surface area contributed by atoms with Crippen LogP contribution in [0.3, 0.4) is 0 Å². The highest BCUT2D eigenvalue weighted by Gasteiger charge is 2.16. The minimum atomic E-state index is -0.285. The van der Waals surface area contributed by atoms with Gasteiger partial charge in [-0.1, -0.05) is 18.2 Å². The maximum absolute atomic E-state index is 12.1. The van der Waals surface area contributed by atoms with Gasteiger partial charge in [-0.25, -0.2) is 4.79 Å². The molecule has 2 aromatic rings. The first kappa shape index (κ1) is 17.4. The number of carbonyl (C=O) groups is 1. The number of carbonyl (C=O) groups excluding carboxylic acids is 1. The van der Waals surface area contributed by atoms with Crippen LogP contribution in [-0.4, -0.2) is 32.9 Å². The molecule has 0 aliphatic carbocycles. The van der Waals surface area contributed by atoms with Crippen LogP contribution in [0.2, 0.25) is 0 Å². The third kappa shape index (κ3) is 4.36. The number of ether oxygens (including phenoxy) is 3. The number of hydrogen-bond donors (Lipinski definition) is 2. The summed E-state index contributed by atoms with van der Waals surface area (Å²) in [6.07, 6.45) is 0.680.